The first-order chi connectivity index (χ1) is 13.4. The van der Waals surface area contributed by atoms with Crippen LogP contribution in [0.25, 0.3) is 0 Å². The summed E-state index contributed by atoms with van der Waals surface area (Å²) < 4.78 is 0. The van der Waals surface area contributed by atoms with Crippen LogP contribution >= 0.6 is 0 Å². The Balaban J connectivity index is 1.58. The first-order valence-electron chi connectivity index (χ1n) is 9.93. The second kappa shape index (κ2) is 8.91. The maximum absolute atomic E-state index is 12.7. The highest BCUT2D eigenvalue weighted by atomic mass is 16.2. The van der Waals surface area contributed by atoms with Crippen molar-refractivity contribution in [2.75, 3.05) is 30.3 Å². The molecular weight excluding hydrogens is 350 g/mol. The lowest BCUT2D eigenvalue weighted by Crippen LogP contribution is -2.37. The second-order valence-electron chi connectivity index (χ2n) is 7.70. The van der Waals surface area contributed by atoms with E-state index in [1.807, 2.05) is 55.1 Å². The number of amides is 2. The van der Waals surface area contributed by atoms with Crippen molar-refractivity contribution in [2.45, 2.75) is 33.6 Å². The van der Waals surface area contributed by atoms with Gasteiger partial charge in [0.15, 0.2) is 0 Å². The molecule has 0 aromatic heterocycles. The summed E-state index contributed by atoms with van der Waals surface area (Å²) in [4.78, 5) is 27.0. The summed E-state index contributed by atoms with van der Waals surface area (Å²) in [6.07, 6.45) is 2.10. The summed E-state index contributed by atoms with van der Waals surface area (Å²) in [6, 6.07) is 13.2. The molecule has 2 aromatic rings. The number of rotatable bonds is 5. The zero-order chi connectivity index (χ0) is 20.1. The van der Waals surface area contributed by atoms with E-state index in [9.17, 15) is 9.59 Å². The molecule has 0 unspecified atom stereocenters. The van der Waals surface area contributed by atoms with E-state index < -0.39 is 0 Å². The average Bonchev–Trinajstić information content (AvgIpc) is 2.69. The van der Waals surface area contributed by atoms with E-state index in [1.165, 1.54) is 5.56 Å². The lowest BCUT2D eigenvalue weighted by Gasteiger charge is -2.30. The van der Waals surface area contributed by atoms with Crippen LogP contribution in [-0.2, 0) is 4.79 Å². The molecule has 148 valence electrons. The van der Waals surface area contributed by atoms with Crippen molar-refractivity contribution in [3.63, 3.8) is 0 Å². The number of nitrogens with one attached hydrogen (secondary N) is 2. The molecule has 2 N–H and O–H groups in total. The van der Waals surface area contributed by atoms with Gasteiger partial charge in [0.1, 0.15) is 0 Å². The number of benzene rings is 2. The number of likely N-dealkylation sites (tertiary alicyclic amines) is 1. The standard InChI is InChI=1S/C23H29N3O2/c1-16-10-12-26(13-11-16)23(28)19-7-5-8-20(14-19)25-22(27)15-24-21-9-4-6-17(2)18(21)3/h4-9,14,16,24H,10-13,15H2,1-3H3,(H,25,27). The van der Waals surface area contributed by atoms with E-state index in [1.54, 1.807) is 6.07 Å². The maximum Gasteiger partial charge on any atom is 0.253 e. The number of carbonyl (C=O) groups is 2. The van der Waals surface area contributed by atoms with Crippen molar-refractivity contribution in [2.24, 2.45) is 5.92 Å². The van der Waals surface area contributed by atoms with E-state index in [0.29, 0.717) is 17.2 Å². The van der Waals surface area contributed by atoms with Crippen molar-refractivity contribution >= 4 is 23.2 Å². The van der Waals surface area contributed by atoms with Gasteiger partial charge in [-0.2, -0.15) is 0 Å². The highest BCUT2D eigenvalue weighted by Gasteiger charge is 2.21. The van der Waals surface area contributed by atoms with Gasteiger partial charge >= 0.3 is 0 Å². The quantitative estimate of drug-likeness (QED) is 0.817. The predicted molar refractivity (Wildman–Crippen MR) is 114 cm³/mol. The fourth-order valence-corrected chi connectivity index (χ4v) is 3.45. The van der Waals surface area contributed by atoms with Crippen LogP contribution in [0.3, 0.4) is 0 Å². The molecule has 0 spiro atoms. The molecule has 2 aromatic carbocycles. The molecule has 0 radical (unpaired) electrons. The molecule has 2 amide bonds. The van der Waals surface area contributed by atoms with E-state index in [0.717, 1.165) is 37.2 Å². The zero-order valence-electron chi connectivity index (χ0n) is 16.9. The number of carbonyl (C=O) groups excluding carboxylic acids is 2. The Kier molecular flexibility index (Phi) is 6.34. The molecule has 3 rings (SSSR count). The van der Waals surface area contributed by atoms with Crippen molar-refractivity contribution < 1.29 is 9.59 Å². The molecule has 1 fully saturated rings. The molecule has 1 aliphatic rings. The number of piperidine rings is 1. The molecule has 1 heterocycles. The molecule has 0 bridgehead atoms. The largest absolute Gasteiger partial charge is 0.376 e. The summed E-state index contributed by atoms with van der Waals surface area (Å²) in [5.41, 5.74) is 4.54. The third kappa shape index (κ3) is 4.91. The average molecular weight is 380 g/mol. The summed E-state index contributed by atoms with van der Waals surface area (Å²) in [5.74, 6) is 0.577. The third-order valence-corrected chi connectivity index (χ3v) is 5.51. The lowest BCUT2D eigenvalue weighted by atomic mass is 9.98. The number of hydrogen-bond donors (Lipinski definition) is 2. The van der Waals surface area contributed by atoms with E-state index >= 15 is 0 Å². The van der Waals surface area contributed by atoms with Gasteiger partial charge in [0.05, 0.1) is 6.54 Å². The van der Waals surface area contributed by atoms with Gasteiger partial charge in [-0.25, -0.2) is 0 Å². The van der Waals surface area contributed by atoms with Gasteiger partial charge in [0, 0.05) is 30.0 Å². The van der Waals surface area contributed by atoms with Gasteiger partial charge in [-0.3, -0.25) is 9.59 Å². The number of nitrogens with zero attached hydrogens (tertiary/aromatic N) is 1. The summed E-state index contributed by atoms with van der Waals surface area (Å²) in [7, 11) is 0. The van der Waals surface area contributed by atoms with Crippen molar-refractivity contribution in [3.8, 4) is 0 Å². The van der Waals surface area contributed by atoms with Crippen LogP contribution in [-0.4, -0.2) is 36.3 Å². The number of hydrogen-bond acceptors (Lipinski definition) is 3. The minimum atomic E-state index is -0.141. The molecule has 1 aliphatic heterocycles. The first-order valence-corrected chi connectivity index (χ1v) is 9.93. The Morgan fingerprint density at radius 2 is 1.79 bits per heavy atom. The smallest absolute Gasteiger partial charge is 0.253 e. The van der Waals surface area contributed by atoms with Crippen LogP contribution in [0.1, 0.15) is 41.3 Å². The molecule has 1 saturated heterocycles. The van der Waals surface area contributed by atoms with Gasteiger partial charge < -0.3 is 15.5 Å². The highest BCUT2D eigenvalue weighted by Crippen LogP contribution is 2.20. The topological polar surface area (TPSA) is 61.4 Å². The minimum absolute atomic E-state index is 0.0384. The molecule has 0 saturated carbocycles. The van der Waals surface area contributed by atoms with Crippen molar-refractivity contribution in [1.82, 2.24) is 4.90 Å². The van der Waals surface area contributed by atoms with Gasteiger partial charge in [-0.05, 0) is 68.0 Å². The van der Waals surface area contributed by atoms with Crippen LogP contribution in [0.15, 0.2) is 42.5 Å². The Hall–Kier alpha value is -2.82. The van der Waals surface area contributed by atoms with Gasteiger partial charge in [0.2, 0.25) is 5.91 Å². The van der Waals surface area contributed by atoms with Crippen LogP contribution in [0.4, 0.5) is 11.4 Å². The fourth-order valence-electron chi connectivity index (χ4n) is 3.45. The van der Waals surface area contributed by atoms with Crippen LogP contribution in [0.5, 0.6) is 0 Å². The normalized spacial score (nSPS) is 14.6. The lowest BCUT2D eigenvalue weighted by molar-refractivity contribution is -0.114. The zero-order valence-corrected chi connectivity index (χ0v) is 16.9. The van der Waals surface area contributed by atoms with E-state index in [-0.39, 0.29) is 18.4 Å². The van der Waals surface area contributed by atoms with Crippen LogP contribution < -0.4 is 10.6 Å². The van der Waals surface area contributed by atoms with Crippen molar-refractivity contribution in [3.05, 3.63) is 59.2 Å². The van der Waals surface area contributed by atoms with Crippen molar-refractivity contribution in [1.29, 1.82) is 0 Å². The Labute approximate surface area is 167 Å². The van der Waals surface area contributed by atoms with Gasteiger partial charge in [0.25, 0.3) is 5.91 Å². The summed E-state index contributed by atoms with van der Waals surface area (Å²) >= 11 is 0. The van der Waals surface area contributed by atoms with Gasteiger partial charge in [-0.15, -0.1) is 0 Å². The molecule has 28 heavy (non-hydrogen) atoms. The minimum Gasteiger partial charge on any atom is -0.376 e. The van der Waals surface area contributed by atoms with E-state index in [4.69, 9.17) is 0 Å². The second-order valence-corrected chi connectivity index (χ2v) is 7.70. The van der Waals surface area contributed by atoms with Gasteiger partial charge in [-0.1, -0.05) is 25.1 Å². The summed E-state index contributed by atoms with van der Waals surface area (Å²) in [5, 5.41) is 6.06. The number of anilines is 2. The van der Waals surface area contributed by atoms with E-state index in [2.05, 4.69) is 17.6 Å². The summed E-state index contributed by atoms with van der Waals surface area (Å²) in [6.45, 7) is 8.08. The third-order valence-electron chi connectivity index (χ3n) is 5.51. The highest BCUT2D eigenvalue weighted by molar-refractivity contribution is 5.98. The molecular formula is C23H29N3O2. The Bertz CT molecular complexity index is 855. The molecule has 5 heteroatoms. The SMILES string of the molecule is Cc1cccc(NCC(=O)Nc2cccc(C(=O)N3CCC(C)CC3)c2)c1C. The fraction of sp³-hybridized carbons (Fsp3) is 0.391. The molecule has 5 nitrogen and oxygen atoms in total. The Morgan fingerprint density at radius 1 is 1.07 bits per heavy atom. The molecule has 0 atom stereocenters. The van der Waals surface area contributed by atoms with Crippen LogP contribution in [0, 0.1) is 19.8 Å². The molecule has 0 aliphatic carbocycles. The monoisotopic (exact) mass is 379 g/mol. The maximum atomic E-state index is 12.7. The number of aryl methyl sites for hydroxylation is 1. The Morgan fingerprint density at radius 3 is 2.54 bits per heavy atom. The van der Waals surface area contributed by atoms with Crippen LogP contribution in [0.2, 0.25) is 0 Å². The predicted octanol–water partition coefficient (Wildman–Crippen LogP) is 4.23. The first kappa shape index (κ1) is 19.9.